The Hall–Kier alpha value is -1.12. The molecule has 0 bridgehead atoms. The third-order valence-corrected chi connectivity index (χ3v) is 9.06. The summed E-state index contributed by atoms with van der Waals surface area (Å²) in [7, 11) is -1.79. The van der Waals surface area contributed by atoms with Crippen LogP contribution in [0.5, 0.6) is 0 Å². The summed E-state index contributed by atoms with van der Waals surface area (Å²) < 4.78 is 6.63. The van der Waals surface area contributed by atoms with E-state index in [1.54, 1.807) is 0 Å². The van der Waals surface area contributed by atoms with E-state index in [2.05, 4.69) is 76.9 Å². The van der Waals surface area contributed by atoms with Crippen LogP contribution in [-0.2, 0) is 10.8 Å². The number of hydrogen-bond acceptors (Lipinski definition) is 1. The standard InChI is InChI=1S/C20H32OSi/c1-8-12-17(2)19(21-22(6,7)20(3,4)5)16-15-18-13-10-9-11-14-18/h8-14,19H,2,15-16H2,1,3-7H3/b12-8+. The Bertz CT molecular complexity index is 494. The molecule has 0 radical (unpaired) electrons. The van der Waals surface area contributed by atoms with Gasteiger partial charge in [-0.2, -0.15) is 0 Å². The minimum Gasteiger partial charge on any atom is -0.410 e. The van der Waals surface area contributed by atoms with Crippen molar-refractivity contribution in [3.63, 3.8) is 0 Å². The van der Waals surface area contributed by atoms with Gasteiger partial charge in [0.1, 0.15) is 0 Å². The lowest BCUT2D eigenvalue weighted by molar-refractivity contribution is 0.208. The first-order valence-electron chi connectivity index (χ1n) is 8.20. The van der Waals surface area contributed by atoms with E-state index in [9.17, 15) is 0 Å². The third kappa shape index (κ3) is 5.58. The zero-order valence-corrected chi connectivity index (χ0v) is 16.1. The molecule has 0 aromatic heterocycles. The maximum atomic E-state index is 6.63. The zero-order chi connectivity index (χ0) is 16.8. The summed E-state index contributed by atoms with van der Waals surface area (Å²) in [6.07, 6.45) is 6.25. The van der Waals surface area contributed by atoms with Crippen molar-refractivity contribution in [1.82, 2.24) is 0 Å². The molecule has 1 nitrogen and oxygen atoms in total. The largest absolute Gasteiger partial charge is 0.410 e. The van der Waals surface area contributed by atoms with Crippen molar-refractivity contribution in [2.75, 3.05) is 0 Å². The number of aryl methyl sites for hydroxylation is 1. The second-order valence-electron chi connectivity index (χ2n) is 7.47. The summed E-state index contributed by atoms with van der Waals surface area (Å²) in [6, 6.07) is 10.6. The molecule has 1 aromatic rings. The average Bonchev–Trinajstić information content (AvgIpc) is 2.43. The van der Waals surface area contributed by atoms with Gasteiger partial charge in [-0.1, -0.05) is 69.8 Å². The molecule has 1 atom stereocenters. The second-order valence-corrected chi connectivity index (χ2v) is 12.2. The highest BCUT2D eigenvalue weighted by molar-refractivity contribution is 6.74. The van der Waals surface area contributed by atoms with Gasteiger partial charge in [-0.3, -0.25) is 0 Å². The molecule has 0 amide bonds. The minimum absolute atomic E-state index is 0.109. The lowest BCUT2D eigenvalue weighted by Gasteiger charge is -2.39. The van der Waals surface area contributed by atoms with E-state index in [4.69, 9.17) is 4.43 Å². The van der Waals surface area contributed by atoms with E-state index < -0.39 is 8.32 Å². The molecule has 0 aliphatic rings. The van der Waals surface area contributed by atoms with Gasteiger partial charge in [-0.25, -0.2) is 0 Å². The Morgan fingerprint density at radius 3 is 2.32 bits per heavy atom. The Kier molecular flexibility index (Phi) is 6.83. The Balaban J connectivity index is 2.83. The molecular formula is C20H32OSi. The van der Waals surface area contributed by atoms with Crippen LogP contribution in [0.3, 0.4) is 0 Å². The molecule has 0 spiro atoms. The smallest absolute Gasteiger partial charge is 0.192 e. The van der Waals surface area contributed by atoms with Crippen molar-refractivity contribution >= 4 is 8.32 Å². The van der Waals surface area contributed by atoms with Crippen molar-refractivity contribution in [1.29, 1.82) is 0 Å². The Morgan fingerprint density at radius 2 is 1.82 bits per heavy atom. The summed E-state index contributed by atoms with van der Waals surface area (Å²) in [4.78, 5) is 0. The van der Waals surface area contributed by atoms with E-state index in [0.717, 1.165) is 18.4 Å². The van der Waals surface area contributed by atoms with Gasteiger partial charge in [0, 0.05) is 0 Å². The van der Waals surface area contributed by atoms with Crippen LogP contribution in [0.15, 0.2) is 54.6 Å². The highest BCUT2D eigenvalue weighted by Crippen LogP contribution is 2.38. The SMILES string of the molecule is C=C(/C=C/C)C(CCc1ccccc1)O[Si](C)(C)C(C)(C)C. The summed E-state index contributed by atoms with van der Waals surface area (Å²) in [5.74, 6) is 0. The quantitative estimate of drug-likeness (QED) is 0.433. The fourth-order valence-corrected chi connectivity index (χ4v) is 3.45. The van der Waals surface area contributed by atoms with Crippen LogP contribution in [0, 0.1) is 0 Å². The molecule has 122 valence electrons. The molecule has 0 aliphatic heterocycles. The summed E-state index contributed by atoms with van der Waals surface area (Å²) in [6.45, 7) is 17.7. The molecule has 2 heteroatoms. The van der Waals surface area contributed by atoms with E-state index >= 15 is 0 Å². The molecule has 1 aromatic carbocycles. The first-order valence-corrected chi connectivity index (χ1v) is 11.1. The molecule has 0 aliphatic carbocycles. The van der Waals surface area contributed by atoms with Crippen molar-refractivity contribution in [3.05, 3.63) is 60.2 Å². The third-order valence-electron chi connectivity index (χ3n) is 4.58. The van der Waals surface area contributed by atoms with Crippen LogP contribution in [0.2, 0.25) is 18.1 Å². The van der Waals surface area contributed by atoms with Crippen molar-refractivity contribution in [2.24, 2.45) is 0 Å². The Morgan fingerprint density at radius 1 is 1.23 bits per heavy atom. The fourth-order valence-electron chi connectivity index (χ4n) is 2.12. The monoisotopic (exact) mass is 316 g/mol. The van der Waals surface area contributed by atoms with Gasteiger partial charge in [0.2, 0.25) is 0 Å². The van der Waals surface area contributed by atoms with Gasteiger partial charge in [-0.15, -0.1) is 0 Å². The molecule has 0 heterocycles. The van der Waals surface area contributed by atoms with Gasteiger partial charge in [0.05, 0.1) is 6.10 Å². The van der Waals surface area contributed by atoms with E-state index in [0.29, 0.717) is 0 Å². The van der Waals surface area contributed by atoms with E-state index in [1.165, 1.54) is 5.56 Å². The van der Waals surface area contributed by atoms with Gasteiger partial charge in [-0.05, 0) is 49.0 Å². The predicted octanol–water partition coefficient (Wildman–Crippen LogP) is 6.14. The van der Waals surface area contributed by atoms with Gasteiger partial charge in [0.25, 0.3) is 0 Å². The Labute approximate surface area is 138 Å². The van der Waals surface area contributed by atoms with Crippen molar-refractivity contribution < 1.29 is 4.43 Å². The highest BCUT2D eigenvalue weighted by atomic mass is 28.4. The number of rotatable bonds is 7. The van der Waals surface area contributed by atoms with Crippen LogP contribution in [-0.4, -0.2) is 14.4 Å². The number of allylic oxidation sites excluding steroid dienone is 1. The summed E-state index contributed by atoms with van der Waals surface area (Å²) in [5, 5.41) is 0.216. The van der Waals surface area contributed by atoms with Gasteiger partial charge >= 0.3 is 0 Å². The van der Waals surface area contributed by atoms with Gasteiger partial charge < -0.3 is 4.43 Å². The number of benzene rings is 1. The molecule has 1 unspecified atom stereocenters. The van der Waals surface area contributed by atoms with Crippen LogP contribution in [0.1, 0.15) is 39.7 Å². The lowest BCUT2D eigenvalue weighted by Crippen LogP contribution is -2.44. The minimum atomic E-state index is -1.79. The number of hydrogen-bond donors (Lipinski definition) is 0. The topological polar surface area (TPSA) is 9.23 Å². The van der Waals surface area contributed by atoms with Crippen LogP contribution in [0.4, 0.5) is 0 Å². The average molecular weight is 317 g/mol. The van der Waals surface area contributed by atoms with Crippen LogP contribution in [0.25, 0.3) is 0 Å². The maximum absolute atomic E-state index is 6.63. The van der Waals surface area contributed by atoms with Crippen LogP contribution >= 0.6 is 0 Å². The zero-order valence-electron chi connectivity index (χ0n) is 15.1. The molecule has 22 heavy (non-hydrogen) atoms. The summed E-state index contributed by atoms with van der Waals surface area (Å²) in [5.41, 5.74) is 2.45. The molecule has 0 saturated heterocycles. The van der Waals surface area contributed by atoms with Gasteiger partial charge in [0.15, 0.2) is 8.32 Å². The fraction of sp³-hybridized carbons (Fsp3) is 0.500. The molecular weight excluding hydrogens is 284 g/mol. The second kappa shape index (κ2) is 7.93. The van der Waals surface area contributed by atoms with Crippen molar-refractivity contribution in [2.45, 2.75) is 64.8 Å². The predicted molar refractivity (Wildman–Crippen MR) is 101 cm³/mol. The lowest BCUT2D eigenvalue weighted by atomic mass is 10.0. The molecule has 1 rings (SSSR count). The summed E-state index contributed by atoms with van der Waals surface area (Å²) >= 11 is 0. The maximum Gasteiger partial charge on any atom is 0.192 e. The molecule has 0 saturated carbocycles. The molecule has 0 N–H and O–H groups in total. The first kappa shape index (κ1) is 18.9. The molecule has 0 fully saturated rings. The van der Waals surface area contributed by atoms with Crippen LogP contribution < -0.4 is 0 Å². The first-order chi connectivity index (χ1) is 10.2. The highest BCUT2D eigenvalue weighted by Gasteiger charge is 2.39. The van der Waals surface area contributed by atoms with E-state index in [-0.39, 0.29) is 11.1 Å². The van der Waals surface area contributed by atoms with E-state index in [1.807, 2.05) is 13.0 Å². The van der Waals surface area contributed by atoms with Crippen molar-refractivity contribution in [3.8, 4) is 0 Å². The normalized spacial score (nSPS) is 14.3.